The van der Waals surface area contributed by atoms with E-state index in [4.69, 9.17) is 25.3 Å². The minimum absolute atomic E-state index is 0.262. The molecule has 4 aromatic heterocycles. The van der Waals surface area contributed by atoms with E-state index in [1.54, 1.807) is 11.3 Å². The van der Waals surface area contributed by atoms with Gasteiger partial charge in [-0.25, -0.2) is 9.97 Å². The molecule has 1 aliphatic heterocycles. The van der Waals surface area contributed by atoms with Gasteiger partial charge in [0.2, 0.25) is 0 Å². The van der Waals surface area contributed by atoms with Crippen LogP contribution in [0.15, 0.2) is 10.7 Å². The summed E-state index contributed by atoms with van der Waals surface area (Å²) in [6.45, 7) is 3.38. The lowest BCUT2D eigenvalue weighted by molar-refractivity contribution is 0.265. The molecule has 0 aromatic carbocycles. The molecule has 7 rings (SSSR count). The lowest BCUT2D eigenvalue weighted by atomic mass is 9.63. The molecule has 3 atom stereocenters. The van der Waals surface area contributed by atoms with Crippen LogP contribution in [0.3, 0.4) is 0 Å². The third-order valence-corrected chi connectivity index (χ3v) is 10.4. The van der Waals surface area contributed by atoms with Gasteiger partial charge in [0.25, 0.3) is 0 Å². The van der Waals surface area contributed by atoms with E-state index in [9.17, 15) is 5.26 Å². The molecule has 5 heterocycles. The molecular formula is C28H32N8OS. The molecule has 196 valence electrons. The number of fused-ring (bicyclic) bond motifs is 5. The first-order chi connectivity index (χ1) is 18.4. The molecule has 4 aromatic rings. The van der Waals surface area contributed by atoms with Gasteiger partial charge in [0, 0.05) is 29.4 Å². The smallest absolute Gasteiger partial charge is 0.182 e. The summed E-state index contributed by atoms with van der Waals surface area (Å²) in [5.74, 6) is 1.73. The Morgan fingerprint density at radius 2 is 2.05 bits per heavy atom. The number of nitriles is 1. The van der Waals surface area contributed by atoms with Gasteiger partial charge in [-0.1, -0.05) is 12.1 Å². The zero-order chi connectivity index (χ0) is 26.2. The highest BCUT2D eigenvalue weighted by molar-refractivity contribution is 7.16. The average Bonchev–Trinajstić information content (AvgIpc) is 3.68. The fourth-order valence-electron chi connectivity index (χ4n) is 7.45. The van der Waals surface area contributed by atoms with Crippen molar-refractivity contribution in [1.29, 1.82) is 5.26 Å². The van der Waals surface area contributed by atoms with E-state index in [1.165, 1.54) is 17.7 Å². The first-order valence-electron chi connectivity index (χ1n) is 13.6. The molecule has 2 aliphatic carbocycles. The van der Waals surface area contributed by atoms with E-state index in [0.717, 1.165) is 84.4 Å². The Bertz CT molecular complexity index is 1600. The van der Waals surface area contributed by atoms with E-state index < -0.39 is 0 Å². The second-order valence-corrected chi connectivity index (χ2v) is 12.4. The van der Waals surface area contributed by atoms with E-state index in [2.05, 4.69) is 30.1 Å². The highest BCUT2D eigenvalue weighted by Gasteiger charge is 2.48. The number of aryl methyl sites for hydroxylation is 2. The maximum absolute atomic E-state index is 9.98. The molecule has 0 saturated carbocycles. The van der Waals surface area contributed by atoms with Crippen LogP contribution in [0.2, 0.25) is 0 Å². The lowest BCUT2D eigenvalue weighted by Gasteiger charge is -2.39. The van der Waals surface area contributed by atoms with Crippen LogP contribution in [0.4, 0.5) is 5.00 Å². The molecule has 38 heavy (non-hydrogen) atoms. The zero-order valence-corrected chi connectivity index (χ0v) is 22.9. The largest absolute Gasteiger partial charge is 0.389 e. The SMILES string of the molecule is C[C@H](c1nn(C)c2cnc(-c3noc4c3CCC[C@@]43CCCc4sc(N)c(C#N)c43)nc12)[C@@H]1CCCN1C. The molecule has 0 bridgehead atoms. The van der Waals surface area contributed by atoms with Gasteiger partial charge < -0.3 is 15.2 Å². The maximum atomic E-state index is 9.98. The van der Waals surface area contributed by atoms with Crippen molar-refractivity contribution in [3.05, 3.63) is 39.2 Å². The summed E-state index contributed by atoms with van der Waals surface area (Å²) >= 11 is 1.56. The molecule has 10 heteroatoms. The minimum Gasteiger partial charge on any atom is -0.389 e. The van der Waals surface area contributed by atoms with Crippen molar-refractivity contribution in [3.8, 4) is 17.6 Å². The number of hydrogen-bond donors (Lipinski definition) is 1. The van der Waals surface area contributed by atoms with Gasteiger partial charge in [-0.15, -0.1) is 11.3 Å². The van der Waals surface area contributed by atoms with Crippen molar-refractivity contribution in [2.45, 2.75) is 75.7 Å². The highest BCUT2D eigenvalue weighted by atomic mass is 32.1. The van der Waals surface area contributed by atoms with E-state index >= 15 is 0 Å². The van der Waals surface area contributed by atoms with E-state index in [1.807, 2.05) is 17.9 Å². The molecule has 9 nitrogen and oxygen atoms in total. The number of hydrogen-bond acceptors (Lipinski definition) is 9. The summed E-state index contributed by atoms with van der Waals surface area (Å²) in [6.07, 6.45) is 9.98. The molecule has 1 fully saturated rings. The van der Waals surface area contributed by atoms with Crippen molar-refractivity contribution in [3.63, 3.8) is 0 Å². The number of aromatic nitrogens is 5. The van der Waals surface area contributed by atoms with E-state index in [0.29, 0.717) is 22.4 Å². The number of likely N-dealkylation sites (N-methyl/N-ethyl adjacent to an activating group) is 1. The van der Waals surface area contributed by atoms with Crippen molar-refractivity contribution < 1.29 is 4.52 Å². The second kappa shape index (κ2) is 8.61. The number of nitrogens with zero attached hydrogens (tertiary/aromatic N) is 7. The third kappa shape index (κ3) is 3.24. The van der Waals surface area contributed by atoms with E-state index in [-0.39, 0.29) is 11.3 Å². The van der Waals surface area contributed by atoms with Gasteiger partial charge in [0.15, 0.2) is 17.3 Å². The summed E-state index contributed by atoms with van der Waals surface area (Å²) in [5.41, 5.74) is 12.3. The fraction of sp³-hybridized carbons (Fsp3) is 0.536. The Labute approximate surface area is 225 Å². The number of thiophene rings is 1. The van der Waals surface area contributed by atoms with Gasteiger partial charge in [-0.05, 0) is 70.5 Å². The Kier molecular flexibility index (Phi) is 5.39. The standard InChI is InChI=1S/C28H32N8OS/c1-15(18-8-6-12-35(18)2)22-24-19(36(3)33-22)14-31-27(32-24)23-16-7-4-10-28(25(16)37-34-23)11-5-9-20-21(28)17(13-29)26(30)38-20/h14-15,18H,4-12,30H2,1-3H3/t15-,18-,28-/m0/s1. The van der Waals surface area contributed by atoms with Gasteiger partial charge in [-0.3, -0.25) is 4.68 Å². The van der Waals surface area contributed by atoms with Crippen molar-refractivity contribution >= 4 is 27.4 Å². The quantitative estimate of drug-likeness (QED) is 0.406. The maximum Gasteiger partial charge on any atom is 0.182 e. The van der Waals surface area contributed by atoms with Crippen LogP contribution in [-0.2, 0) is 25.3 Å². The molecule has 0 unspecified atom stereocenters. The zero-order valence-electron chi connectivity index (χ0n) is 22.1. The van der Waals surface area contributed by atoms with Gasteiger partial charge >= 0.3 is 0 Å². The molecular weight excluding hydrogens is 496 g/mol. The topological polar surface area (TPSA) is 123 Å². The molecule has 3 aliphatic rings. The van der Waals surface area contributed by atoms with Gasteiger partial charge in [-0.2, -0.15) is 10.4 Å². The van der Waals surface area contributed by atoms with Crippen LogP contribution in [-0.4, -0.2) is 49.4 Å². The Balaban J connectivity index is 1.35. The Morgan fingerprint density at radius 1 is 1.24 bits per heavy atom. The summed E-state index contributed by atoms with van der Waals surface area (Å²) in [7, 11) is 4.16. The van der Waals surface area contributed by atoms with Crippen LogP contribution in [0, 0.1) is 11.3 Å². The molecule has 2 N–H and O–H groups in total. The third-order valence-electron chi connectivity index (χ3n) is 9.27. The van der Waals surface area contributed by atoms with Crippen LogP contribution in [0.25, 0.3) is 22.6 Å². The lowest BCUT2D eigenvalue weighted by Crippen LogP contribution is -2.35. The van der Waals surface area contributed by atoms with Crippen LogP contribution >= 0.6 is 11.3 Å². The van der Waals surface area contributed by atoms with Crippen LogP contribution < -0.4 is 5.73 Å². The first-order valence-corrected chi connectivity index (χ1v) is 14.5. The van der Waals surface area contributed by atoms with Crippen LogP contribution in [0.1, 0.15) is 84.4 Å². The minimum atomic E-state index is -0.350. The fourth-order valence-corrected chi connectivity index (χ4v) is 8.61. The summed E-state index contributed by atoms with van der Waals surface area (Å²) < 4.78 is 8.08. The Hall–Kier alpha value is -3.29. The summed E-state index contributed by atoms with van der Waals surface area (Å²) in [4.78, 5) is 13.5. The van der Waals surface area contributed by atoms with Crippen molar-refractivity contribution in [2.24, 2.45) is 7.05 Å². The van der Waals surface area contributed by atoms with Crippen LogP contribution in [0.5, 0.6) is 0 Å². The molecule has 0 amide bonds. The average molecular weight is 529 g/mol. The molecule has 0 radical (unpaired) electrons. The number of rotatable bonds is 3. The molecule has 1 spiro atoms. The number of nitrogens with two attached hydrogens (primary N) is 1. The van der Waals surface area contributed by atoms with Crippen molar-refractivity contribution in [1.82, 2.24) is 29.8 Å². The molecule has 1 saturated heterocycles. The highest BCUT2D eigenvalue weighted by Crippen LogP contribution is 2.55. The number of likely N-dealkylation sites (tertiary alicyclic amines) is 1. The Morgan fingerprint density at radius 3 is 2.82 bits per heavy atom. The number of anilines is 1. The van der Waals surface area contributed by atoms with Gasteiger partial charge in [0.05, 0.1) is 22.9 Å². The second-order valence-electron chi connectivity index (χ2n) is 11.3. The monoisotopic (exact) mass is 528 g/mol. The predicted octanol–water partition coefficient (Wildman–Crippen LogP) is 4.69. The summed E-state index contributed by atoms with van der Waals surface area (Å²) in [6, 6.07) is 2.85. The van der Waals surface area contributed by atoms with Gasteiger partial charge in [0.1, 0.15) is 22.1 Å². The summed E-state index contributed by atoms with van der Waals surface area (Å²) in [5, 5.41) is 20.1. The first kappa shape index (κ1) is 23.8. The van der Waals surface area contributed by atoms with Crippen molar-refractivity contribution in [2.75, 3.05) is 19.3 Å². The predicted molar refractivity (Wildman–Crippen MR) is 146 cm³/mol. The number of nitrogen functional groups attached to an aromatic ring is 1. The normalized spacial score (nSPS) is 24.0.